The summed E-state index contributed by atoms with van der Waals surface area (Å²) in [5.41, 5.74) is 1.83. The lowest BCUT2D eigenvalue weighted by atomic mass is 10.2. The van der Waals surface area contributed by atoms with Crippen molar-refractivity contribution in [3.63, 3.8) is 0 Å². The predicted molar refractivity (Wildman–Crippen MR) is 111 cm³/mol. The SMILES string of the molecule is CC(=O)OC(C=C(C)C)C(Cl)(Cl)Cl.CC(=O)OC(C=C(C)C)C(Cl)(Cl)Cl. The van der Waals surface area contributed by atoms with Gasteiger partial charge in [-0.3, -0.25) is 9.59 Å². The molecule has 152 valence electrons. The van der Waals surface area contributed by atoms with Crippen molar-refractivity contribution >= 4 is 81.5 Å². The van der Waals surface area contributed by atoms with Gasteiger partial charge in [0, 0.05) is 13.8 Å². The van der Waals surface area contributed by atoms with E-state index in [4.69, 9.17) is 79.1 Å². The molecular formula is C16H22Cl6O4. The van der Waals surface area contributed by atoms with E-state index in [1.54, 1.807) is 12.2 Å². The van der Waals surface area contributed by atoms with Crippen LogP contribution >= 0.6 is 69.6 Å². The number of hydrogen-bond donors (Lipinski definition) is 0. The molecule has 0 spiro atoms. The Labute approximate surface area is 184 Å². The second-order valence-electron chi connectivity index (χ2n) is 5.63. The molecule has 0 aromatic carbocycles. The fourth-order valence-corrected chi connectivity index (χ4v) is 2.00. The molecule has 0 amide bonds. The number of carbonyl (C=O) groups is 2. The van der Waals surface area contributed by atoms with E-state index in [-0.39, 0.29) is 0 Å². The molecule has 2 atom stereocenters. The smallest absolute Gasteiger partial charge is 0.303 e. The number of esters is 2. The van der Waals surface area contributed by atoms with Gasteiger partial charge in [-0.25, -0.2) is 0 Å². The first-order valence-electron chi connectivity index (χ1n) is 7.24. The number of allylic oxidation sites excluding steroid dienone is 2. The van der Waals surface area contributed by atoms with Crippen LogP contribution in [0.1, 0.15) is 41.5 Å². The molecule has 0 saturated carbocycles. The molecule has 26 heavy (non-hydrogen) atoms. The van der Waals surface area contributed by atoms with E-state index in [0.717, 1.165) is 11.1 Å². The van der Waals surface area contributed by atoms with Crippen molar-refractivity contribution in [1.29, 1.82) is 0 Å². The lowest BCUT2D eigenvalue weighted by molar-refractivity contribution is -0.145. The zero-order chi connectivity index (χ0) is 21.3. The third kappa shape index (κ3) is 16.3. The maximum Gasteiger partial charge on any atom is 0.303 e. The maximum absolute atomic E-state index is 10.7. The number of rotatable bonds is 4. The Morgan fingerprint density at radius 1 is 0.654 bits per heavy atom. The van der Waals surface area contributed by atoms with Crippen molar-refractivity contribution in [2.24, 2.45) is 0 Å². The quantitative estimate of drug-likeness (QED) is 0.256. The summed E-state index contributed by atoms with van der Waals surface area (Å²) in [6.07, 6.45) is 1.52. The van der Waals surface area contributed by atoms with Crippen LogP contribution in [0.25, 0.3) is 0 Å². The summed E-state index contributed by atoms with van der Waals surface area (Å²) in [4.78, 5) is 21.3. The first kappa shape index (κ1) is 28.4. The average Bonchev–Trinajstić information content (AvgIpc) is 2.33. The Balaban J connectivity index is 0. The zero-order valence-electron chi connectivity index (χ0n) is 15.2. The minimum atomic E-state index is -1.62. The summed E-state index contributed by atoms with van der Waals surface area (Å²) in [5, 5.41) is 0. The van der Waals surface area contributed by atoms with Gasteiger partial charge in [0.05, 0.1) is 0 Å². The van der Waals surface area contributed by atoms with Crippen molar-refractivity contribution < 1.29 is 19.1 Å². The Hall–Kier alpha value is 0.160. The molecule has 0 radical (unpaired) electrons. The highest BCUT2D eigenvalue weighted by Crippen LogP contribution is 2.34. The summed E-state index contributed by atoms with van der Waals surface area (Å²) in [5.74, 6) is -0.956. The van der Waals surface area contributed by atoms with Crippen molar-refractivity contribution in [2.75, 3.05) is 0 Å². The van der Waals surface area contributed by atoms with Gasteiger partial charge in [-0.05, 0) is 39.8 Å². The molecule has 0 aliphatic rings. The number of halogens is 6. The standard InChI is InChI=1S/2C8H11Cl3O2/c2*1-5(2)4-7(8(9,10)11)13-6(3)12/h2*4,7H,1-3H3. The third-order valence-corrected chi connectivity index (χ3v) is 3.49. The van der Waals surface area contributed by atoms with E-state index in [9.17, 15) is 9.59 Å². The Bertz CT molecular complexity index is 476. The van der Waals surface area contributed by atoms with Gasteiger partial charge in [-0.1, -0.05) is 80.8 Å². The molecule has 0 aromatic rings. The molecule has 0 aliphatic heterocycles. The maximum atomic E-state index is 10.7. The van der Waals surface area contributed by atoms with E-state index in [1.807, 2.05) is 27.7 Å². The summed E-state index contributed by atoms with van der Waals surface area (Å²) in [6, 6.07) is 0. The fraction of sp³-hybridized carbons (Fsp3) is 0.625. The van der Waals surface area contributed by atoms with Gasteiger partial charge in [-0.2, -0.15) is 0 Å². The van der Waals surface area contributed by atoms with Crippen LogP contribution in [0.4, 0.5) is 0 Å². The van der Waals surface area contributed by atoms with Crippen LogP contribution in [-0.2, 0) is 19.1 Å². The molecule has 10 heteroatoms. The fourth-order valence-electron chi connectivity index (χ4n) is 1.35. The number of alkyl halides is 6. The minimum Gasteiger partial charge on any atom is -0.454 e. The Morgan fingerprint density at radius 3 is 1.00 bits per heavy atom. The lowest BCUT2D eigenvalue weighted by Crippen LogP contribution is -2.28. The largest absolute Gasteiger partial charge is 0.454 e. The van der Waals surface area contributed by atoms with Gasteiger partial charge in [-0.15, -0.1) is 0 Å². The van der Waals surface area contributed by atoms with E-state index in [1.165, 1.54) is 13.8 Å². The number of ether oxygens (including phenoxy) is 2. The van der Waals surface area contributed by atoms with E-state index < -0.39 is 31.7 Å². The van der Waals surface area contributed by atoms with Crippen molar-refractivity contribution in [3.05, 3.63) is 23.3 Å². The summed E-state index contributed by atoms with van der Waals surface area (Å²) < 4.78 is 6.38. The van der Waals surface area contributed by atoms with Gasteiger partial charge in [0.25, 0.3) is 0 Å². The Morgan fingerprint density at radius 2 is 0.885 bits per heavy atom. The highest BCUT2D eigenvalue weighted by atomic mass is 35.6. The van der Waals surface area contributed by atoms with Crippen molar-refractivity contribution in [2.45, 2.75) is 61.3 Å². The highest BCUT2D eigenvalue weighted by Gasteiger charge is 2.34. The highest BCUT2D eigenvalue weighted by molar-refractivity contribution is 6.68. The lowest BCUT2D eigenvalue weighted by Gasteiger charge is -2.21. The van der Waals surface area contributed by atoms with Crippen LogP contribution in [0.15, 0.2) is 23.3 Å². The topological polar surface area (TPSA) is 52.6 Å². The summed E-state index contributed by atoms with van der Waals surface area (Å²) >= 11 is 33.6. The van der Waals surface area contributed by atoms with Gasteiger partial charge < -0.3 is 9.47 Å². The number of hydrogen-bond acceptors (Lipinski definition) is 4. The first-order chi connectivity index (χ1) is 11.5. The predicted octanol–water partition coefficient (Wildman–Crippen LogP) is 6.51. The van der Waals surface area contributed by atoms with Gasteiger partial charge in [0.1, 0.15) is 0 Å². The molecule has 2 unspecified atom stereocenters. The molecule has 4 nitrogen and oxygen atoms in total. The molecule has 0 saturated heterocycles. The van der Waals surface area contributed by atoms with Crippen molar-refractivity contribution in [1.82, 2.24) is 0 Å². The van der Waals surface area contributed by atoms with E-state index in [0.29, 0.717) is 0 Å². The van der Waals surface area contributed by atoms with Crippen molar-refractivity contribution in [3.8, 4) is 0 Å². The van der Waals surface area contributed by atoms with Gasteiger partial charge in [0.2, 0.25) is 7.59 Å². The normalized spacial score (nSPS) is 13.4. The second kappa shape index (κ2) is 12.6. The molecule has 0 bridgehead atoms. The number of carbonyl (C=O) groups excluding carboxylic acids is 2. The summed E-state index contributed by atoms with van der Waals surface area (Å²) in [7, 11) is 0. The second-order valence-corrected chi connectivity index (χ2v) is 10.4. The van der Waals surface area contributed by atoms with E-state index in [2.05, 4.69) is 0 Å². The van der Waals surface area contributed by atoms with Crippen LogP contribution in [0.2, 0.25) is 0 Å². The molecule has 0 heterocycles. The zero-order valence-corrected chi connectivity index (χ0v) is 19.7. The summed E-state index contributed by atoms with van der Waals surface area (Å²) in [6.45, 7) is 9.84. The molecule has 0 aromatic heterocycles. The molecule has 0 N–H and O–H groups in total. The molecular weight excluding hydrogens is 469 g/mol. The molecule has 0 fully saturated rings. The molecule has 0 rings (SSSR count). The minimum absolute atomic E-state index is 0.478. The van der Waals surface area contributed by atoms with Crippen LogP contribution in [0.3, 0.4) is 0 Å². The van der Waals surface area contributed by atoms with Crippen LogP contribution in [0.5, 0.6) is 0 Å². The average molecular weight is 491 g/mol. The van der Waals surface area contributed by atoms with Gasteiger partial charge in [0.15, 0.2) is 12.2 Å². The van der Waals surface area contributed by atoms with Crippen LogP contribution in [-0.4, -0.2) is 31.7 Å². The third-order valence-electron chi connectivity index (χ3n) is 2.20. The Kier molecular flexibility index (Phi) is 13.7. The molecule has 0 aliphatic carbocycles. The van der Waals surface area contributed by atoms with Gasteiger partial charge >= 0.3 is 11.9 Å². The van der Waals surface area contributed by atoms with Crippen LogP contribution < -0.4 is 0 Å². The monoisotopic (exact) mass is 488 g/mol. The van der Waals surface area contributed by atoms with Crippen LogP contribution in [0, 0.1) is 0 Å². The first-order valence-corrected chi connectivity index (χ1v) is 9.51. The van der Waals surface area contributed by atoms with E-state index >= 15 is 0 Å².